The third kappa shape index (κ3) is 9.85. The predicted octanol–water partition coefficient (Wildman–Crippen LogP) is 9.81. The van der Waals surface area contributed by atoms with Gasteiger partial charge in [0.05, 0.1) is 0 Å². The second-order valence-electron chi connectivity index (χ2n) is 10.8. The van der Waals surface area contributed by atoms with Crippen LogP contribution in [0.1, 0.15) is 144 Å². The minimum absolute atomic E-state index is 0.489. The Balaban J connectivity index is 2.75. The van der Waals surface area contributed by atoms with E-state index in [1.54, 1.807) is 0 Å². The van der Waals surface area contributed by atoms with Crippen LogP contribution in [0.5, 0.6) is 0 Å². The van der Waals surface area contributed by atoms with Crippen LogP contribution in [-0.4, -0.2) is 0 Å². The fraction of sp³-hybridized carbons (Fsp3) is 1.00. The number of rotatable bonds is 12. The average molecular weight is 379 g/mol. The van der Waals surface area contributed by atoms with Crippen molar-refractivity contribution in [3.63, 3.8) is 0 Å². The average Bonchev–Trinajstić information content (AvgIpc) is 2.76. The third-order valence-corrected chi connectivity index (χ3v) is 7.95. The summed E-state index contributed by atoms with van der Waals surface area (Å²) in [5, 5.41) is 0. The monoisotopic (exact) mass is 378 g/mol. The second kappa shape index (κ2) is 14.1. The first-order valence-electron chi connectivity index (χ1n) is 12.9. The van der Waals surface area contributed by atoms with Gasteiger partial charge in [-0.3, -0.25) is 0 Å². The summed E-state index contributed by atoms with van der Waals surface area (Å²) >= 11 is 0. The molecule has 0 bridgehead atoms. The molecule has 0 saturated heterocycles. The summed E-state index contributed by atoms with van der Waals surface area (Å²) in [5.41, 5.74) is 0.489. The van der Waals surface area contributed by atoms with E-state index in [2.05, 4.69) is 41.5 Å². The summed E-state index contributed by atoms with van der Waals surface area (Å²) in [7, 11) is 0. The molecule has 0 aromatic rings. The zero-order valence-electron chi connectivity index (χ0n) is 20.1. The molecule has 1 fully saturated rings. The molecule has 0 N–H and O–H groups in total. The van der Waals surface area contributed by atoms with E-state index in [0.29, 0.717) is 5.41 Å². The molecule has 0 radical (unpaired) electrons. The van der Waals surface area contributed by atoms with Gasteiger partial charge in [-0.1, -0.05) is 131 Å². The van der Waals surface area contributed by atoms with Crippen molar-refractivity contribution in [1.82, 2.24) is 0 Å². The maximum Gasteiger partial charge on any atom is -0.0323 e. The number of hydrogen-bond donors (Lipinski definition) is 0. The highest BCUT2D eigenvalue weighted by atomic mass is 14.4. The van der Waals surface area contributed by atoms with Crippen molar-refractivity contribution >= 4 is 0 Å². The Morgan fingerprint density at radius 3 is 1.85 bits per heavy atom. The van der Waals surface area contributed by atoms with Crippen LogP contribution in [0, 0.1) is 29.1 Å². The number of unbranched alkanes of at least 4 members (excludes halogenated alkanes) is 3. The van der Waals surface area contributed by atoms with Crippen molar-refractivity contribution in [1.29, 1.82) is 0 Å². The normalized spacial score (nSPS) is 21.1. The molecule has 27 heavy (non-hydrogen) atoms. The molecule has 3 atom stereocenters. The van der Waals surface area contributed by atoms with Gasteiger partial charge in [-0.05, 0) is 41.9 Å². The van der Waals surface area contributed by atoms with Crippen LogP contribution in [0.15, 0.2) is 0 Å². The van der Waals surface area contributed by atoms with Crippen LogP contribution < -0.4 is 0 Å². The zero-order chi connectivity index (χ0) is 20.1. The van der Waals surface area contributed by atoms with Gasteiger partial charge in [0.15, 0.2) is 0 Å². The highest BCUT2D eigenvalue weighted by molar-refractivity contribution is 4.86. The van der Waals surface area contributed by atoms with Gasteiger partial charge in [0, 0.05) is 0 Å². The molecule has 0 amide bonds. The van der Waals surface area contributed by atoms with Gasteiger partial charge in [-0.15, -0.1) is 0 Å². The summed E-state index contributed by atoms with van der Waals surface area (Å²) in [6.45, 7) is 15.1. The predicted molar refractivity (Wildman–Crippen MR) is 124 cm³/mol. The molecule has 0 heterocycles. The lowest BCUT2D eigenvalue weighted by Gasteiger charge is -2.43. The fourth-order valence-electron chi connectivity index (χ4n) is 5.93. The molecule has 1 saturated carbocycles. The Kier molecular flexibility index (Phi) is 13.0. The Hall–Kier alpha value is 0. The molecule has 0 aliphatic heterocycles. The molecule has 0 spiro atoms. The van der Waals surface area contributed by atoms with Crippen molar-refractivity contribution in [3.05, 3.63) is 0 Å². The quantitative estimate of drug-likeness (QED) is 0.296. The van der Waals surface area contributed by atoms with E-state index in [1.807, 2.05) is 0 Å². The molecule has 1 rings (SSSR count). The van der Waals surface area contributed by atoms with Gasteiger partial charge in [0.2, 0.25) is 0 Å². The Morgan fingerprint density at radius 1 is 0.741 bits per heavy atom. The summed E-state index contributed by atoms with van der Waals surface area (Å²) in [6, 6.07) is 0. The summed E-state index contributed by atoms with van der Waals surface area (Å²) < 4.78 is 0. The van der Waals surface area contributed by atoms with Crippen molar-refractivity contribution < 1.29 is 0 Å². The topological polar surface area (TPSA) is 0 Å². The van der Waals surface area contributed by atoms with E-state index >= 15 is 0 Å². The van der Waals surface area contributed by atoms with Gasteiger partial charge < -0.3 is 0 Å². The zero-order valence-corrected chi connectivity index (χ0v) is 20.1. The van der Waals surface area contributed by atoms with Crippen molar-refractivity contribution in [2.24, 2.45) is 29.1 Å². The van der Waals surface area contributed by atoms with E-state index in [1.165, 1.54) is 103 Å². The summed E-state index contributed by atoms with van der Waals surface area (Å²) in [4.78, 5) is 0. The highest BCUT2D eigenvalue weighted by Crippen LogP contribution is 2.45. The van der Waals surface area contributed by atoms with Crippen LogP contribution in [-0.2, 0) is 0 Å². The molecule has 0 aromatic heterocycles. The lowest BCUT2D eigenvalue weighted by Crippen LogP contribution is -2.34. The molecule has 0 aromatic carbocycles. The lowest BCUT2D eigenvalue weighted by atomic mass is 9.63. The first-order chi connectivity index (χ1) is 12.9. The SMILES string of the molecule is CCCCCC(C)CC(C)(C)C(C)C(CCCC)C1CCCCCCCC1. The molecule has 1 aliphatic rings. The molecule has 3 unspecified atom stereocenters. The minimum atomic E-state index is 0.489. The highest BCUT2D eigenvalue weighted by Gasteiger charge is 2.36. The van der Waals surface area contributed by atoms with Crippen molar-refractivity contribution in [2.75, 3.05) is 0 Å². The molecule has 0 heteroatoms. The van der Waals surface area contributed by atoms with Crippen molar-refractivity contribution in [2.45, 2.75) is 144 Å². The lowest BCUT2D eigenvalue weighted by molar-refractivity contribution is 0.0702. The molecule has 0 nitrogen and oxygen atoms in total. The Bertz CT molecular complexity index is 332. The van der Waals surface area contributed by atoms with Crippen LogP contribution in [0.3, 0.4) is 0 Å². The molecular formula is C27H54. The molecule has 1 aliphatic carbocycles. The van der Waals surface area contributed by atoms with E-state index in [4.69, 9.17) is 0 Å². The van der Waals surface area contributed by atoms with Crippen LogP contribution in [0.25, 0.3) is 0 Å². The fourth-order valence-corrected chi connectivity index (χ4v) is 5.93. The van der Waals surface area contributed by atoms with Gasteiger partial charge in [0.25, 0.3) is 0 Å². The standard InChI is InChI=1S/C27H54/c1-7-9-15-18-23(3)22-27(5,6)24(4)26(21-10-8-2)25-19-16-13-11-12-14-17-20-25/h23-26H,7-22H2,1-6H3. The van der Waals surface area contributed by atoms with Gasteiger partial charge in [-0.25, -0.2) is 0 Å². The van der Waals surface area contributed by atoms with Gasteiger partial charge >= 0.3 is 0 Å². The van der Waals surface area contributed by atoms with Gasteiger partial charge in [-0.2, -0.15) is 0 Å². The van der Waals surface area contributed by atoms with E-state index in [9.17, 15) is 0 Å². The third-order valence-electron chi connectivity index (χ3n) is 7.95. The first-order valence-corrected chi connectivity index (χ1v) is 12.9. The van der Waals surface area contributed by atoms with Gasteiger partial charge in [0.1, 0.15) is 0 Å². The maximum atomic E-state index is 2.63. The first kappa shape index (κ1) is 25.0. The van der Waals surface area contributed by atoms with E-state index < -0.39 is 0 Å². The maximum absolute atomic E-state index is 2.63. The second-order valence-corrected chi connectivity index (χ2v) is 10.8. The van der Waals surface area contributed by atoms with E-state index in [-0.39, 0.29) is 0 Å². The molecular weight excluding hydrogens is 324 g/mol. The Morgan fingerprint density at radius 2 is 1.30 bits per heavy atom. The van der Waals surface area contributed by atoms with Crippen LogP contribution in [0.4, 0.5) is 0 Å². The molecule has 162 valence electrons. The van der Waals surface area contributed by atoms with Crippen LogP contribution in [0.2, 0.25) is 0 Å². The minimum Gasteiger partial charge on any atom is -0.0654 e. The smallest absolute Gasteiger partial charge is 0.0323 e. The van der Waals surface area contributed by atoms with Crippen molar-refractivity contribution in [3.8, 4) is 0 Å². The van der Waals surface area contributed by atoms with Crippen LogP contribution >= 0.6 is 0 Å². The van der Waals surface area contributed by atoms with E-state index in [0.717, 1.165) is 23.7 Å². The number of hydrogen-bond acceptors (Lipinski definition) is 0. The Labute approximate surface area is 173 Å². The largest absolute Gasteiger partial charge is 0.0654 e. The summed E-state index contributed by atoms with van der Waals surface area (Å²) in [6.07, 6.45) is 23.3. The summed E-state index contributed by atoms with van der Waals surface area (Å²) in [5.74, 6) is 3.71.